The van der Waals surface area contributed by atoms with Crippen molar-refractivity contribution in [3.05, 3.63) is 34.9 Å². The lowest BCUT2D eigenvalue weighted by Crippen LogP contribution is -2.15. The molecule has 0 radical (unpaired) electrons. The van der Waals surface area contributed by atoms with Crippen LogP contribution in [0.2, 0.25) is 0 Å². The summed E-state index contributed by atoms with van der Waals surface area (Å²) >= 11 is 1.57. The van der Waals surface area contributed by atoms with Gasteiger partial charge in [-0.25, -0.2) is 4.98 Å². The highest BCUT2D eigenvalue weighted by molar-refractivity contribution is 7.13. The van der Waals surface area contributed by atoms with E-state index < -0.39 is 0 Å². The van der Waals surface area contributed by atoms with Crippen LogP contribution in [-0.2, 0) is 0 Å². The van der Waals surface area contributed by atoms with Crippen molar-refractivity contribution in [1.82, 2.24) is 20.2 Å². The van der Waals surface area contributed by atoms with Crippen molar-refractivity contribution >= 4 is 23.2 Å². The van der Waals surface area contributed by atoms with Gasteiger partial charge in [0, 0.05) is 5.92 Å². The summed E-state index contributed by atoms with van der Waals surface area (Å²) < 4.78 is 5.25. The molecule has 0 saturated carbocycles. The van der Waals surface area contributed by atoms with Crippen LogP contribution in [0.15, 0.2) is 22.3 Å². The predicted molar refractivity (Wildman–Crippen MR) is 83.0 cm³/mol. The first kappa shape index (κ1) is 14.5. The van der Waals surface area contributed by atoms with Crippen molar-refractivity contribution in [3.8, 4) is 10.7 Å². The fourth-order valence-corrected chi connectivity index (χ4v) is 2.90. The second kappa shape index (κ2) is 5.72. The quantitative estimate of drug-likeness (QED) is 0.770. The maximum atomic E-state index is 12.2. The Hall–Kier alpha value is -2.48. The molecule has 0 fully saturated rings. The highest BCUT2D eigenvalue weighted by atomic mass is 32.1. The van der Waals surface area contributed by atoms with Crippen molar-refractivity contribution in [3.63, 3.8) is 0 Å². The van der Waals surface area contributed by atoms with E-state index in [1.807, 2.05) is 32.2 Å². The maximum Gasteiger partial charge on any atom is 0.280 e. The van der Waals surface area contributed by atoms with E-state index in [4.69, 9.17) is 4.42 Å². The summed E-state index contributed by atoms with van der Waals surface area (Å²) in [5.74, 6) is 1.07. The average molecular weight is 317 g/mol. The highest BCUT2D eigenvalue weighted by Gasteiger charge is 2.20. The smallest absolute Gasteiger partial charge is 0.280 e. The second-order valence-corrected chi connectivity index (χ2v) is 6.03. The van der Waals surface area contributed by atoms with Crippen LogP contribution in [0.3, 0.4) is 0 Å². The number of carbonyl (C=O) groups excluding carboxylic acids is 1. The average Bonchev–Trinajstić information content (AvgIpc) is 3.17. The third-order valence-corrected chi connectivity index (χ3v) is 4.15. The summed E-state index contributed by atoms with van der Waals surface area (Å²) in [4.78, 5) is 21.5. The summed E-state index contributed by atoms with van der Waals surface area (Å²) in [5.41, 5.74) is 1.37. The van der Waals surface area contributed by atoms with Gasteiger partial charge in [-0.2, -0.15) is 4.98 Å². The van der Waals surface area contributed by atoms with Crippen LogP contribution >= 0.6 is 11.3 Å². The van der Waals surface area contributed by atoms with Gasteiger partial charge in [-0.05, 0) is 23.9 Å². The number of rotatable bonds is 4. The van der Waals surface area contributed by atoms with Gasteiger partial charge in [0.1, 0.15) is 5.76 Å². The fraction of sp³-hybridized carbons (Fsp3) is 0.286. The molecule has 7 nitrogen and oxygen atoms in total. The van der Waals surface area contributed by atoms with Crippen LogP contribution in [0.25, 0.3) is 10.7 Å². The second-order valence-electron chi connectivity index (χ2n) is 5.11. The van der Waals surface area contributed by atoms with Crippen LogP contribution < -0.4 is 5.32 Å². The lowest BCUT2D eigenvalue weighted by Gasteiger charge is -2.02. The third kappa shape index (κ3) is 2.64. The summed E-state index contributed by atoms with van der Waals surface area (Å²) in [5, 5.41) is 11.5. The van der Waals surface area contributed by atoms with Crippen molar-refractivity contribution in [2.24, 2.45) is 0 Å². The molecular weight excluding hydrogens is 302 g/mol. The lowest BCUT2D eigenvalue weighted by atomic mass is 10.1. The molecule has 0 unspecified atom stereocenters. The summed E-state index contributed by atoms with van der Waals surface area (Å²) in [6.07, 6.45) is 1.27. The number of amides is 1. The molecule has 0 spiro atoms. The summed E-state index contributed by atoms with van der Waals surface area (Å²) in [6.45, 7) is 5.86. The third-order valence-electron chi connectivity index (χ3n) is 3.12. The number of aromatic nitrogens is 4. The molecule has 0 aromatic carbocycles. The van der Waals surface area contributed by atoms with Gasteiger partial charge < -0.3 is 4.42 Å². The van der Waals surface area contributed by atoms with E-state index in [0.717, 1.165) is 10.4 Å². The molecule has 3 aromatic heterocycles. The number of hydrogen-bond acceptors (Lipinski definition) is 6. The van der Waals surface area contributed by atoms with Gasteiger partial charge >= 0.3 is 0 Å². The number of thiophene rings is 1. The van der Waals surface area contributed by atoms with Crippen LogP contribution in [0.1, 0.15) is 41.6 Å². The maximum absolute atomic E-state index is 12.2. The van der Waals surface area contributed by atoms with Gasteiger partial charge in [0.2, 0.25) is 5.95 Å². The standard InChI is InChI=1S/C14H15N5O2S/c1-7(2)10-9(15-6-21-10)13(20)17-14-16-12(18-19-14)11-8(3)4-5-22-11/h4-7H,1-3H3,(H2,16,17,18,19,20). The fourth-order valence-electron chi connectivity index (χ4n) is 2.03. The number of carbonyl (C=O) groups is 1. The molecule has 3 heterocycles. The first-order chi connectivity index (χ1) is 10.6. The highest BCUT2D eigenvalue weighted by Crippen LogP contribution is 2.26. The molecule has 0 saturated heterocycles. The molecule has 114 valence electrons. The predicted octanol–water partition coefficient (Wildman–Crippen LogP) is 3.21. The van der Waals surface area contributed by atoms with Crippen molar-refractivity contribution in [2.45, 2.75) is 26.7 Å². The molecule has 22 heavy (non-hydrogen) atoms. The number of aromatic amines is 1. The van der Waals surface area contributed by atoms with Crippen molar-refractivity contribution in [1.29, 1.82) is 0 Å². The van der Waals surface area contributed by atoms with Crippen LogP contribution in [0, 0.1) is 6.92 Å². The van der Waals surface area contributed by atoms with E-state index in [-0.39, 0.29) is 23.5 Å². The topological polar surface area (TPSA) is 96.7 Å². The van der Waals surface area contributed by atoms with Gasteiger partial charge in [0.15, 0.2) is 17.9 Å². The van der Waals surface area contributed by atoms with Crippen LogP contribution in [0.4, 0.5) is 5.95 Å². The minimum absolute atomic E-state index is 0.0692. The number of nitrogens with zero attached hydrogens (tertiary/aromatic N) is 3. The monoisotopic (exact) mass is 317 g/mol. The largest absolute Gasteiger partial charge is 0.447 e. The minimum Gasteiger partial charge on any atom is -0.447 e. The Labute approximate surface area is 130 Å². The van der Waals surface area contributed by atoms with Crippen molar-refractivity contribution < 1.29 is 9.21 Å². The Morgan fingerprint density at radius 1 is 1.45 bits per heavy atom. The van der Waals surface area contributed by atoms with E-state index in [1.165, 1.54) is 6.39 Å². The van der Waals surface area contributed by atoms with Gasteiger partial charge in [-0.3, -0.25) is 15.2 Å². The number of aryl methyl sites for hydroxylation is 1. The van der Waals surface area contributed by atoms with E-state index in [1.54, 1.807) is 11.3 Å². The Balaban J connectivity index is 1.79. The molecule has 0 aliphatic rings. The molecular formula is C14H15N5O2S. The minimum atomic E-state index is -0.383. The molecule has 0 aliphatic heterocycles. The molecule has 0 atom stereocenters. The zero-order valence-electron chi connectivity index (χ0n) is 12.4. The Morgan fingerprint density at radius 3 is 2.95 bits per heavy atom. The zero-order valence-corrected chi connectivity index (χ0v) is 13.2. The molecule has 2 N–H and O–H groups in total. The molecule has 8 heteroatoms. The molecule has 3 aromatic rings. The number of H-pyrrole nitrogens is 1. The Morgan fingerprint density at radius 2 is 2.27 bits per heavy atom. The van der Waals surface area contributed by atoms with E-state index in [2.05, 4.69) is 25.5 Å². The van der Waals surface area contributed by atoms with Crippen LogP contribution in [-0.4, -0.2) is 26.1 Å². The molecule has 3 rings (SSSR count). The van der Waals surface area contributed by atoms with E-state index in [9.17, 15) is 4.79 Å². The zero-order chi connectivity index (χ0) is 15.7. The SMILES string of the molecule is Cc1ccsc1-c1nc(NC(=O)c2ncoc2C(C)C)n[nH]1. The summed E-state index contributed by atoms with van der Waals surface area (Å²) in [7, 11) is 0. The normalized spacial score (nSPS) is 11.1. The van der Waals surface area contributed by atoms with E-state index in [0.29, 0.717) is 11.6 Å². The molecule has 0 bridgehead atoms. The molecule has 0 aliphatic carbocycles. The Kier molecular flexibility index (Phi) is 3.76. The molecule has 1 amide bonds. The number of oxazole rings is 1. The van der Waals surface area contributed by atoms with Gasteiger partial charge in [-0.15, -0.1) is 16.4 Å². The van der Waals surface area contributed by atoms with Gasteiger partial charge in [-0.1, -0.05) is 13.8 Å². The lowest BCUT2D eigenvalue weighted by molar-refractivity contribution is 0.101. The van der Waals surface area contributed by atoms with Crippen molar-refractivity contribution in [2.75, 3.05) is 5.32 Å². The summed E-state index contributed by atoms with van der Waals surface area (Å²) in [6, 6.07) is 2.01. The number of anilines is 1. The number of nitrogens with one attached hydrogen (secondary N) is 2. The van der Waals surface area contributed by atoms with Crippen LogP contribution in [0.5, 0.6) is 0 Å². The van der Waals surface area contributed by atoms with Gasteiger partial charge in [0.05, 0.1) is 4.88 Å². The first-order valence-corrected chi connectivity index (χ1v) is 7.66. The number of hydrogen-bond donors (Lipinski definition) is 2. The first-order valence-electron chi connectivity index (χ1n) is 6.78. The Bertz CT molecular complexity index is 802. The van der Waals surface area contributed by atoms with Gasteiger partial charge in [0.25, 0.3) is 5.91 Å². The van der Waals surface area contributed by atoms with E-state index >= 15 is 0 Å².